The highest BCUT2D eigenvalue weighted by molar-refractivity contribution is 5.95. The summed E-state index contributed by atoms with van der Waals surface area (Å²) in [4.78, 5) is 23.3. The van der Waals surface area contributed by atoms with E-state index in [4.69, 9.17) is 10.5 Å². The van der Waals surface area contributed by atoms with Crippen LogP contribution in [-0.4, -0.2) is 32.0 Å². The van der Waals surface area contributed by atoms with E-state index in [9.17, 15) is 9.59 Å². The lowest BCUT2D eigenvalue weighted by molar-refractivity contribution is -0.122. The monoisotopic (exact) mass is 277 g/mol. The summed E-state index contributed by atoms with van der Waals surface area (Å²) in [5.74, 6) is 0.518. The number of hydrogen-bond acceptors (Lipinski definition) is 4. The van der Waals surface area contributed by atoms with Crippen LogP contribution in [0.1, 0.15) is 23.2 Å². The molecule has 108 valence electrons. The van der Waals surface area contributed by atoms with Crippen molar-refractivity contribution in [1.29, 1.82) is 0 Å². The van der Waals surface area contributed by atoms with Crippen molar-refractivity contribution in [2.24, 2.45) is 5.92 Å². The Bertz CT molecular complexity index is 512. The van der Waals surface area contributed by atoms with Gasteiger partial charge in [-0.05, 0) is 31.0 Å². The molecule has 1 saturated carbocycles. The van der Waals surface area contributed by atoms with Gasteiger partial charge in [0.05, 0.1) is 12.8 Å². The van der Waals surface area contributed by atoms with Crippen molar-refractivity contribution in [3.63, 3.8) is 0 Å². The first-order valence-electron chi connectivity index (χ1n) is 6.61. The number of carbonyl (C=O) groups is 2. The molecule has 6 nitrogen and oxygen atoms in total. The first-order valence-corrected chi connectivity index (χ1v) is 6.61. The van der Waals surface area contributed by atoms with E-state index in [1.54, 1.807) is 18.2 Å². The van der Waals surface area contributed by atoms with Crippen molar-refractivity contribution in [3.8, 4) is 5.75 Å². The first kappa shape index (κ1) is 14.2. The summed E-state index contributed by atoms with van der Waals surface area (Å²) < 4.78 is 5.06. The Kier molecular flexibility index (Phi) is 4.45. The van der Waals surface area contributed by atoms with E-state index in [-0.39, 0.29) is 17.7 Å². The van der Waals surface area contributed by atoms with Gasteiger partial charge in [0.15, 0.2) is 0 Å². The molecule has 2 amide bonds. The molecule has 0 spiro atoms. The zero-order valence-electron chi connectivity index (χ0n) is 11.4. The number of nitrogens with one attached hydrogen (secondary N) is 2. The van der Waals surface area contributed by atoms with Crippen molar-refractivity contribution in [2.75, 3.05) is 25.9 Å². The summed E-state index contributed by atoms with van der Waals surface area (Å²) in [6.45, 7) is 0.831. The van der Waals surface area contributed by atoms with Gasteiger partial charge >= 0.3 is 0 Å². The van der Waals surface area contributed by atoms with Crippen LogP contribution >= 0.6 is 0 Å². The second-order valence-corrected chi connectivity index (χ2v) is 4.78. The number of methoxy groups -OCH3 is 1. The average molecular weight is 277 g/mol. The molecule has 0 unspecified atom stereocenters. The van der Waals surface area contributed by atoms with Crippen molar-refractivity contribution < 1.29 is 14.3 Å². The second-order valence-electron chi connectivity index (χ2n) is 4.78. The highest BCUT2D eigenvalue weighted by Crippen LogP contribution is 2.28. The molecule has 20 heavy (non-hydrogen) atoms. The van der Waals surface area contributed by atoms with Gasteiger partial charge in [-0.15, -0.1) is 0 Å². The number of nitrogens with two attached hydrogens (primary N) is 1. The number of amides is 2. The smallest absolute Gasteiger partial charge is 0.251 e. The Morgan fingerprint density at radius 1 is 1.30 bits per heavy atom. The van der Waals surface area contributed by atoms with Gasteiger partial charge in [-0.25, -0.2) is 0 Å². The average Bonchev–Trinajstić information content (AvgIpc) is 3.28. The zero-order chi connectivity index (χ0) is 14.5. The van der Waals surface area contributed by atoms with E-state index in [1.807, 2.05) is 0 Å². The molecular weight excluding hydrogens is 258 g/mol. The highest BCUT2D eigenvalue weighted by atomic mass is 16.5. The Labute approximate surface area is 117 Å². The molecule has 0 bridgehead atoms. The lowest BCUT2D eigenvalue weighted by Gasteiger charge is -2.09. The topological polar surface area (TPSA) is 93.5 Å². The molecule has 1 aromatic carbocycles. The largest absolute Gasteiger partial charge is 0.495 e. The lowest BCUT2D eigenvalue weighted by atomic mass is 10.2. The maximum absolute atomic E-state index is 11.9. The molecule has 0 aliphatic heterocycles. The molecule has 1 fully saturated rings. The van der Waals surface area contributed by atoms with Gasteiger partial charge in [0.2, 0.25) is 5.91 Å². The third-order valence-corrected chi connectivity index (χ3v) is 3.15. The van der Waals surface area contributed by atoms with Gasteiger partial charge in [-0.1, -0.05) is 0 Å². The number of carbonyl (C=O) groups excluding carboxylic acids is 2. The van der Waals surface area contributed by atoms with E-state index in [0.717, 1.165) is 12.8 Å². The fourth-order valence-electron chi connectivity index (χ4n) is 1.81. The molecule has 0 aromatic heterocycles. The zero-order valence-corrected chi connectivity index (χ0v) is 11.4. The molecule has 1 aliphatic rings. The molecular formula is C14H19N3O3. The fourth-order valence-corrected chi connectivity index (χ4v) is 1.81. The summed E-state index contributed by atoms with van der Waals surface area (Å²) in [7, 11) is 1.50. The molecule has 0 radical (unpaired) electrons. The molecule has 1 aliphatic carbocycles. The van der Waals surface area contributed by atoms with Crippen LogP contribution < -0.4 is 21.1 Å². The first-order chi connectivity index (χ1) is 9.61. The Morgan fingerprint density at radius 2 is 2.00 bits per heavy atom. The third kappa shape index (κ3) is 3.63. The van der Waals surface area contributed by atoms with Crippen molar-refractivity contribution in [2.45, 2.75) is 12.8 Å². The van der Waals surface area contributed by atoms with E-state index in [0.29, 0.717) is 30.1 Å². The maximum atomic E-state index is 11.9. The van der Waals surface area contributed by atoms with Gasteiger partial charge in [0, 0.05) is 24.6 Å². The van der Waals surface area contributed by atoms with Gasteiger partial charge in [0.1, 0.15) is 5.75 Å². The molecule has 0 saturated heterocycles. The standard InChI is InChI=1S/C14H19N3O3/c1-20-12-8-10(4-5-11(12)15)14(19)17-7-6-16-13(18)9-2-3-9/h4-5,8-9H,2-3,6-7,15H2,1H3,(H,16,18)(H,17,19). The van der Waals surface area contributed by atoms with Crippen LogP contribution in [0.3, 0.4) is 0 Å². The van der Waals surface area contributed by atoms with Crippen LogP contribution in [0, 0.1) is 5.92 Å². The highest BCUT2D eigenvalue weighted by Gasteiger charge is 2.28. The van der Waals surface area contributed by atoms with Crippen LogP contribution in [0.4, 0.5) is 5.69 Å². The number of ether oxygens (including phenoxy) is 1. The summed E-state index contributed by atoms with van der Waals surface area (Å²) in [5, 5.41) is 5.52. The summed E-state index contributed by atoms with van der Waals surface area (Å²) >= 11 is 0. The number of nitrogen functional groups attached to an aromatic ring is 1. The van der Waals surface area contributed by atoms with E-state index in [2.05, 4.69) is 10.6 Å². The number of rotatable bonds is 6. The summed E-state index contributed by atoms with van der Waals surface area (Å²) in [6.07, 6.45) is 1.95. The quantitative estimate of drug-likeness (QED) is 0.522. The molecule has 2 rings (SSSR count). The van der Waals surface area contributed by atoms with E-state index in [1.165, 1.54) is 7.11 Å². The normalized spacial score (nSPS) is 13.7. The predicted molar refractivity (Wildman–Crippen MR) is 75.5 cm³/mol. The number of hydrogen-bond donors (Lipinski definition) is 3. The Morgan fingerprint density at radius 3 is 2.65 bits per heavy atom. The lowest BCUT2D eigenvalue weighted by Crippen LogP contribution is -2.35. The van der Waals surface area contributed by atoms with Crippen molar-refractivity contribution >= 4 is 17.5 Å². The van der Waals surface area contributed by atoms with Gasteiger partial charge in [-0.2, -0.15) is 0 Å². The van der Waals surface area contributed by atoms with Crippen LogP contribution in [0.25, 0.3) is 0 Å². The van der Waals surface area contributed by atoms with Gasteiger partial charge in [-0.3, -0.25) is 9.59 Å². The van der Waals surface area contributed by atoms with Gasteiger partial charge in [0.25, 0.3) is 5.91 Å². The summed E-state index contributed by atoms with van der Waals surface area (Å²) in [5.41, 5.74) is 6.65. The summed E-state index contributed by atoms with van der Waals surface area (Å²) in [6, 6.07) is 4.85. The molecule has 0 heterocycles. The Balaban J connectivity index is 1.77. The maximum Gasteiger partial charge on any atom is 0.251 e. The fraction of sp³-hybridized carbons (Fsp3) is 0.429. The minimum Gasteiger partial charge on any atom is -0.495 e. The number of benzene rings is 1. The van der Waals surface area contributed by atoms with Crippen molar-refractivity contribution in [1.82, 2.24) is 10.6 Å². The Hall–Kier alpha value is -2.24. The van der Waals surface area contributed by atoms with E-state index >= 15 is 0 Å². The third-order valence-electron chi connectivity index (χ3n) is 3.15. The van der Waals surface area contributed by atoms with Crippen LogP contribution in [0.5, 0.6) is 5.75 Å². The van der Waals surface area contributed by atoms with Crippen molar-refractivity contribution in [3.05, 3.63) is 23.8 Å². The molecule has 0 atom stereocenters. The molecule has 1 aromatic rings. The second kappa shape index (κ2) is 6.27. The minimum absolute atomic E-state index is 0.0772. The van der Waals surface area contributed by atoms with E-state index < -0.39 is 0 Å². The molecule has 6 heteroatoms. The minimum atomic E-state index is -0.219. The van der Waals surface area contributed by atoms with Crippen LogP contribution in [-0.2, 0) is 4.79 Å². The van der Waals surface area contributed by atoms with Crippen LogP contribution in [0.2, 0.25) is 0 Å². The number of anilines is 1. The van der Waals surface area contributed by atoms with Gasteiger partial charge < -0.3 is 21.1 Å². The molecule has 4 N–H and O–H groups in total. The van der Waals surface area contributed by atoms with Crippen LogP contribution in [0.15, 0.2) is 18.2 Å². The SMILES string of the molecule is COc1cc(C(=O)NCCNC(=O)C2CC2)ccc1N. The predicted octanol–water partition coefficient (Wildman–Crippen LogP) is 0.533.